The Hall–Kier alpha value is -1.30. The van der Waals surface area contributed by atoms with Gasteiger partial charge >= 0.3 is 12.0 Å². The summed E-state index contributed by atoms with van der Waals surface area (Å²) < 4.78 is 0. The van der Waals surface area contributed by atoms with E-state index < -0.39 is 18.0 Å². The maximum absolute atomic E-state index is 11.1. The van der Waals surface area contributed by atoms with E-state index in [1.807, 2.05) is 6.92 Å². The Balaban J connectivity index is 4.02. The van der Waals surface area contributed by atoms with Crippen molar-refractivity contribution in [2.24, 2.45) is 0 Å². The molecule has 0 aliphatic rings. The molecule has 0 bridgehead atoms. The molecule has 0 aromatic heterocycles. The van der Waals surface area contributed by atoms with Crippen molar-refractivity contribution in [1.29, 1.82) is 0 Å². The number of nitrogens with zero attached hydrogens (tertiary/aromatic N) is 1. The molecule has 0 unspecified atom stereocenters. The number of hydrazine groups is 1. The average molecular weight is 203 g/mol. The first-order valence-corrected chi connectivity index (χ1v) is 4.44. The summed E-state index contributed by atoms with van der Waals surface area (Å²) in [6, 6.07) is -1.32. The molecule has 0 saturated carbocycles. The molecule has 0 aromatic carbocycles. The van der Waals surface area contributed by atoms with Gasteiger partial charge in [-0.05, 0) is 6.42 Å². The summed E-state index contributed by atoms with van der Waals surface area (Å²) in [6.07, 6.45) is 1.13. The minimum absolute atomic E-state index is 0.427. The van der Waals surface area contributed by atoms with E-state index in [1.54, 1.807) is 14.1 Å². The molecule has 82 valence electrons. The number of carboxylic acid groups (broad SMARTS) is 1. The Morgan fingerprint density at radius 3 is 2.36 bits per heavy atom. The summed E-state index contributed by atoms with van der Waals surface area (Å²) in [5.41, 5.74) is 2.41. The Morgan fingerprint density at radius 2 is 2.00 bits per heavy atom. The molecule has 0 heterocycles. The van der Waals surface area contributed by atoms with Gasteiger partial charge in [-0.1, -0.05) is 13.3 Å². The molecule has 6 heteroatoms. The van der Waals surface area contributed by atoms with Crippen LogP contribution in [0.3, 0.4) is 0 Å². The molecule has 2 amide bonds. The Bertz CT molecular complexity index is 206. The van der Waals surface area contributed by atoms with E-state index in [1.165, 1.54) is 5.01 Å². The topological polar surface area (TPSA) is 81.7 Å². The summed E-state index contributed by atoms with van der Waals surface area (Å²) in [4.78, 5) is 21.8. The molecule has 0 fully saturated rings. The summed E-state index contributed by atoms with van der Waals surface area (Å²) in [5.74, 6) is -1.01. The number of carboxylic acids is 1. The maximum Gasteiger partial charge on any atom is 0.330 e. The number of rotatable bonds is 5. The lowest BCUT2D eigenvalue weighted by molar-refractivity contribution is -0.139. The van der Waals surface area contributed by atoms with E-state index in [-0.39, 0.29) is 0 Å². The van der Waals surface area contributed by atoms with Crippen LogP contribution in [0.2, 0.25) is 0 Å². The van der Waals surface area contributed by atoms with Gasteiger partial charge in [0.05, 0.1) is 0 Å². The minimum atomic E-state index is -1.01. The second-order valence-electron chi connectivity index (χ2n) is 3.16. The minimum Gasteiger partial charge on any atom is -0.480 e. The maximum atomic E-state index is 11.1. The lowest BCUT2D eigenvalue weighted by atomic mass is 10.2. The Morgan fingerprint density at radius 1 is 1.43 bits per heavy atom. The van der Waals surface area contributed by atoms with Crippen LogP contribution in [0.4, 0.5) is 4.79 Å². The lowest BCUT2D eigenvalue weighted by Gasteiger charge is -2.17. The van der Waals surface area contributed by atoms with Gasteiger partial charge in [0.2, 0.25) is 0 Å². The van der Waals surface area contributed by atoms with Gasteiger partial charge in [0.1, 0.15) is 6.04 Å². The highest BCUT2D eigenvalue weighted by Crippen LogP contribution is 1.96. The highest BCUT2D eigenvalue weighted by Gasteiger charge is 2.18. The highest BCUT2D eigenvalue weighted by atomic mass is 16.4. The van der Waals surface area contributed by atoms with Gasteiger partial charge in [0.25, 0.3) is 0 Å². The predicted octanol–water partition coefficient (Wildman–Crippen LogP) is 0.0155. The van der Waals surface area contributed by atoms with Crippen LogP contribution in [0.5, 0.6) is 0 Å². The molecule has 3 N–H and O–H groups in total. The van der Waals surface area contributed by atoms with E-state index in [4.69, 9.17) is 5.11 Å². The van der Waals surface area contributed by atoms with Gasteiger partial charge in [-0.2, -0.15) is 0 Å². The van der Waals surface area contributed by atoms with Crippen LogP contribution in [-0.4, -0.2) is 42.3 Å². The quantitative estimate of drug-likeness (QED) is 0.550. The third kappa shape index (κ3) is 5.36. The number of aliphatic carboxylic acids is 1. The van der Waals surface area contributed by atoms with Gasteiger partial charge in [0, 0.05) is 14.1 Å². The number of hydrogen-bond acceptors (Lipinski definition) is 3. The third-order valence-electron chi connectivity index (χ3n) is 1.51. The van der Waals surface area contributed by atoms with Crippen molar-refractivity contribution in [2.75, 3.05) is 14.1 Å². The fraction of sp³-hybridized carbons (Fsp3) is 0.750. The van der Waals surface area contributed by atoms with Gasteiger partial charge in [0.15, 0.2) is 0 Å². The van der Waals surface area contributed by atoms with Crippen LogP contribution in [-0.2, 0) is 4.79 Å². The average Bonchev–Trinajstić information content (AvgIpc) is 2.01. The number of urea groups is 1. The molecule has 14 heavy (non-hydrogen) atoms. The summed E-state index contributed by atoms with van der Waals surface area (Å²) in [5, 5.41) is 12.5. The van der Waals surface area contributed by atoms with Gasteiger partial charge in [-0.3, -0.25) is 5.43 Å². The van der Waals surface area contributed by atoms with Crippen LogP contribution in [0.25, 0.3) is 0 Å². The zero-order chi connectivity index (χ0) is 11.1. The third-order valence-corrected chi connectivity index (χ3v) is 1.51. The predicted molar refractivity (Wildman–Crippen MR) is 51.7 cm³/mol. The molecule has 0 radical (unpaired) electrons. The number of carbonyl (C=O) groups excluding carboxylic acids is 1. The van der Waals surface area contributed by atoms with Crippen molar-refractivity contribution in [1.82, 2.24) is 15.8 Å². The van der Waals surface area contributed by atoms with Gasteiger partial charge in [-0.25, -0.2) is 14.6 Å². The van der Waals surface area contributed by atoms with Crippen molar-refractivity contribution in [3.63, 3.8) is 0 Å². The molecule has 0 saturated heterocycles. The van der Waals surface area contributed by atoms with E-state index in [0.717, 1.165) is 0 Å². The lowest BCUT2D eigenvalue weighted by Crippen LogP contribution is -2.49. The SMILES string of the molecule is CCC[C@H](NC(=O)NN(C)C)C(=O)O. The van der Waals surface area contributed by atoms with Crippen molar-refractivity contribution < 1.29 is 14.7 Å². The molecular formula is C8H17N3O3. The first kappa shape index (κ1) is 12.7. The number of amides is 2. The molecular weight excluding hydrogens is 186 g/mol. The van der Waals surface area contributed by atoms with Gasteiger partial charge < -0.3 is 10.4 Å². The van der Waals surface area contributed by atoms with Crippen molar-refractivity contribution in [3.05, 3.63) is 0 Å². The number of nitrogens with one attached hydrogen (secondary N) is 2. The second kappa shape index (κ2) is 6.20. The van der Waals surface area contributed by atoms with Crippen molar-refractivity contribution in [2.45, 2.75) is 25.8 Å². The molecule has 0 rings (SSSR count). The zero-order valence-corrected chi connectivity index (χ0v) is 8.70. The molecule has 1 atom stereocenters. The van der Waals surface area contributed by atoms with Crippen molar-refractivity contribution in [3.8, 4) is 0 Å². The fourth-order valence-electron chi connectivity index (χ4n) is 0.940. The molecule has 0 spiro atoms. The smallest absolute Gasteiger partial charge is 0.330 e. The summed E-state index contributed by atoms with van der Waals surface area (Å²) in [6.45, 7) is 1.86. The van der Waals surface area contributed by atoms with E-state index >= 15 is 0 Å². The summed E-state index contributed by atoms with van der Waals surface area (Å²) >= 11 is 0. The first-order chi connectivity index (χ1) is 6.47. The van der Waals surface area contributed by atoms with Crippen molar-refractivity contribution >= 4 is 12.0 Å². The largest absolute Gasteiger partial charge is 0.480 e. The number of carbonyl (C=O) groups is 2. The zero-order valence-electron chi connectivity index (χ0n) is 8.70. The fourth-order valence-corrected chi connectivity index (χ4v) is 0.940. The molecule has 6 nitrogen and oxygen atoms in total. The Labute approximate surface area is 83.2 Å². The van der Waals surface area contributed by atoms with Crippen LogP contribution < -0.4 is 10.7 Å². The van der Waals surface area contributed by atoms with Crippen LogP contribution in [0, 0.1) is 0 Å². The van der Waals surface area contributed by atoms with E-state index in [2.05, 4.69) is 10.7 Å². The summed E-state index contributed by atoms with van der Waals surface area (Å²) in [7, 11) is 3.30. The Kier molecular flexibility index (Phi) is 5.62. The monoisotopic (exact) mass is 203 g/mol. The van der Waals surface area contributed by atoms with Crippen LogP contribution in [0.15, 0.2) is 0 Å². The van der Waals surface area contributed by atoms with Gasteiger partial charge in [-0.15, -0.1) is 0 Å². The second-order valence-corrected chi connectivity index (χ2v) is 3.16. The molecule has 0 aliphatic carbocycles. The first-order valence-electron chi connectivity index (χ1n) is 4.44. The van der Waals surface area contributed by atoms with Crippen LogP contribution in [0.1, 0.15) is 19.8 Å². The normalized spacial score (nSPS) is 12.3. The number of hydrogen-bond donors (Lipinski definition) is 3. The molecule has 0 aliphatic heterocycles. The highest BCUT2D eigenvalue weighted by molar-refractivity contribution is 5.82. The molecule has 0 aromatic rings. The van der Waals surface area contributed by atoms with Crippen LogP contribution >= 0.6 is 0 Å². The standard InChI is InChI=1S/C8H17N3O3/c1-4-5-6(7(12)13)9-8(14)10-11(2)3/h6H,4-5H2,1-3H3,(H,12,13)(H2,9,10,14)/t6-/m0/s1. The van der Waals surface area contributed by atoms with E-state index in [0.29, 0.717) is 12.8 Å². The van der Waals surface area contributed by atoms with E-state index in [9.17, 15) is 9.59 Å².